The number of rotatable bonds is 8. The third kappa shape index (κ3) is 4.72. The number of ether oxygens (including phenoxy) is 2. The molecule has 0 bridgehead atoms. The van der Waals surface area contributed by atoms with Crippen molar-refractivity contribution in [1.29, 1.82) is 0 Å². The lowest BCUT2D eigenvalue weighted by atomic mass is 10.1. The maximum atomic E-state index is 13.0. The van der Waals surface area contributed by atoms with Gasteiger partial charge in [-0.3, -0.25) is 14.5 Å². The average Bonchev–Trinajstić information content (AvgIpc) is 3.40. The molecule has 176 valence electrons. The van der Waals surface area contributed by atoms with Crippen LogP contribution in [0.1, 0.15) is 33.7 Å². The van der Waals surface area contributed by atoms with Gasteiger partial charge in [-0.15, -0.1) is 0 Å². The molecule has 2 aromatic rings. The van der Waals surface area contributed by atoms with E-state index < -0.39 is 34.4 Å². The number of urea groups is 1. The van der Waals surface area contributed by atoms with Crippen molar-refractivity contribution in [3.8, 4) is 11.5 Å². The van der Waals surface area contributed by atoms with Crippen LogP contribution in [0.25, 0.3) is 0 Å². The minimum Gasteiger partial charge on any atom is -0.454 e. The van der Waals surface area contributed by atoms with Gasteiger partial charge < -0.3 is 19.4 Å². The molecule has 0 aliphatic carbocycles. The Labute approximate surface area is 191 Å². The molecule has 3 heterocycles. The minimum atomic E-state index is -3.28. The van der Waals surface area contributed by atoms with Crippen molar-refractivity contribution in [1.82, 2.24) is 14.8 Å². The van der Waals surface area contributed by atoms with Crippen molar-refractivity contribution in [2.24, 2.45) is 0 Å². The molecule has 2 aliphatic heterocycles. The summed E-state index contributed by atoms with van der Waals surface area (Å²) in [5, 5.41) is 2.46. The normalized spacial score (nSPS) is 17.5. The highest BCUT2D eigenvalue weighted by atomic mass is 32.2. The number of benzene rings is 1. The van der Waals surface area contributed by atoms with Crippen LogP contribution in [0.3, 0.4) is 0 Å². The van der Waals surface area contributed by atoms with Crippen LogP contribution in [-0.2, 0) is 21.2 Å². The standard InChI is InChI=1S/C22H25N3O7S/c1-13-8-16(14(2)24(13)10-15-4-5-19-20(9-15)32-12-31-19)18(26)11-25-21(27)17(23-22(25)28)6-7-33(3,29)30/h4-5,8-9,17H,6-7,10-12H2,1-3H3,(H,23,28)/t17-/m1/s1. The SMILES string of the molecule is Cc1cc(C(=O)CN2C(=O)N[C@H](CCS(C)(=O)=O)C2=O)c(C)n1Cc1ccc2c(c1)OCO2. The molecule has 3 amide bonds. The molecule has 4 rings (SSSR count). The van der Waals surface area contributed by atoms with Crippen molar-refractivity contribution in [2.45, 2.75) is 32.9 Å². The number of hydrogen-bond acceptors (Lipinski definition) is 7. The highest BCUT2D eigenvalue weighted by Gasteiger charge is 2.39. The zero-order valence-electron chi connectivity index (χ0n) is 18.6. The van der Waals surface area contributed by atoms with Crippen LogP contribution in [-0.4, -0.2) is 67.0 Å². The molecule has 33 heavy (non-hydrogen) atoms. The Morgan fingerprint density at radius 2 is 1.88 bits per heavy atom. The third-order valence-electron chi connectivity index (χ3n) is 5.84. The van der Waals surface area contributed by atoms with Crippen LogP contribution in [0, 0.1) is 13.8 Å². The smallest absolute Gasteiger partial charge is 0.325 e. The van der Waals surface area contributed by atoms with Crippen LogP contribution < -0.4 is 14.8 Å². The van der Waals surface area contributed by atoms with Crippen molar-refractivity contribution in [3.05, 3.63) is 46.8 Å². The van der Waals surface area contributed by atoms with E-state index >= 15 is 0 Å². The summed E-state index contributed by atoms with van der Waals surface area (Å²) in [6.45, 7) is 3.99. The number of carbonyl (C=O) groups is 3. The number of nitrogens with one attached hydrogen (secondary N) is 1. The van der Waals surface area contributed by atoms with E-state index in [1.54, 1.807) is 6.07 Å². The summed E-state index contributed by atoms with van der Waals surface area (Å²) >= 11 is 0. The lowest BCUT2D eigenvalue weighted by molar-refractivity contribution is -0.127. The van der Waals surface area contributed by atoms with Crippen LogP contribution >= 0.6 is 0 Å². The van der Waals surface area contributed by atoms with E-state index in [9.17, 15) is 22.8 Å². The molecule has 1 fully saturated rings. The van der Waals surface area contributed by atoms with Crippen molar-refractivity contribution in [2.75, 3.05) is 25.3 Å². The molecule has 0 unspecified atom stereocenters. The number of imide groups is 1. The fraction of sp³-hybridized carbons (Fsp3) is 0.409. The number of aryl methyl sites for hydroxylation is 1. The third-order valence-corrected chi connectivity index (χ3v) is 6.82. The number of sulfone groups is 1. The largest absolute Gasteiger partial charge is 0.454 e. The molecule has 1 saturated heterocycles. The van der Waals surface area contributed by atoms with Crippen LogP contribution in [0.4, 0.5) is 4.79 Å². The van der Waals surface area contributed by atoms with Gasteiger partial charge in [0.2, 0.25) is 6.79 Å². The molecule has 0 saturated carbocycles. The Morgan fingerprint density at radius 3 is 2.61 bits per heavy atom. The summed E-state index contributed by atoms with van der Waals surface area (Å²) in [5.41, 5.74) is 2.98. The Hall–Kier alpha value is -3.34. The number of fused-ring (bicyclic) bond motifs is 1. The van der Waals surface area contributed by atoms with Crippen LogP contribution in [0.5, 0.6) is 11.5 Å². The van der Waals surface area contributed by atoms with E-state index in [-0.39, 0.29) is 24.7 Å². The number of ketones is 1. The van der Waals surface area contributed by atoms with Crippen molar-refractivity contribution < 1.29 is 32.3 Å². The molecule has 10 nitrogen and oxygen atoms in total. The van der Waals surface area contributed by atoms with Crippen molar-refractivity contribution >= 4 is 27.6 Å². The molecular weight excluding hydrogens is 450 g/mol. The molecule has 11 heteroatoms. The van der Waals surface area contributed by atoms with E-state index in [4.69, 9.17) is 9.47 Å². The Morgan fingerprint density at radius 1 is 1.15 bits per heavy atom. The van der Waals surface area contributed by atoms with Gasteiger partial charge in [-0.05, 0) is 44.0 Å². The van der Waals surface area contributed by atoms with Gasteiger partial charge in [-0.25, -0.2) is 13.2 Å². The Balaban J connectivity index is 1.47. The van der Waals surface area contributed by atoms with Gasteiger partial charge in [-0.1, -0.05) is 6.07 Å². The second kappa shape index (κ2) is 8.54. The highest BCUT2D eigenvalue weighted by molar-refractivity contribution is 7.90. The molecule has 1 aromatic heterocycles. The fourth-order valence-corrected chi connectivity index (χ4v) is 4.70. The van der Waals surface area contributed by atoms with E-state index in [0.717, 1.165) is 28.1 Å². The number of carbonyl (C=O) groups excluding carboxylic acids is 3. The minimum absolute atomic E-state index is 0.0296. The number of nitrogens with zero attached hydrogens (tertiary/aromatic N) is 2. The van der Waals surface area contributed by atoms with Crippen molar-refractivity contribution in [3.63, 3.8) is 0 Å². The number of aromatic nitrogens is 1. The van der Waals surface area contributed by atoms with Crippen LogP contribution in [0.15, 0.2) is 24.3 Å². The average molecular weight is 476 g/mol. The molecule has 0 radical (unpaired) electrons. The molecular formula is C22H25N3O7S. The van der Waals surface area contributed by atoms with E-state index in [1.165, 1.54) is 0 Å². The lowest BCUT2D eigenvalue weighted by Crippen LogP contribution is -2.36. The summed E-state index contributed by atoms with van der Waals surface area (Å²) < 4.78 is 35.5. The predicted octanol–water partition coefficient (Wildman–Crippen LogP) is 1.42. The maximum Gasteiger partial charge on any atom is 0.325 e. The van der Waals surface area contributed by atoms with E-state index in [2.05, 4.69) is 5.32 Å². The first-order valence-electron chi connectivity index (χ1n) is 10.4. The summed E-state index contributed by atoms with van der Waals surface area (Å²) in [6.07, 6.45) is 1.03. The first-order chi connectivity index (χ1) is 15.5. The van der Waals surface area contributed by atoms with Gasteiger partial charge in [0, 0.05) is 29.8 Å². The zero-order valence-corrected chi connectivity index (χ0v) is 19.4. The monoisotopic (exact) mass is 475 g/mol. The molecule has 2 aliphatic rings. The van der Waals surface area contributed by atoms with Gasteiger partial charge in [0.05, 0.1) is 12.3 Å². The number of hydrogen-bond donors (Lipinski definition) is 1. The molecule has 0 spiro atoms. The summed E-state index contributed by atoms with van der Waals surface area (Å²) in [7, 11) is -3.28. The zero-order chi connectivity index (χ0) is 23.9. The summed E-state index contributed by atoms with van der Waals surface area (Å²) in [4.78, 5) is 38.6. The molecule has 1 N–H and O–H groups in total. The van der Waals surface area contributed by atoms with E-state index in [1.807, 2.05) is 36.6 Å². The topological polar surface area (TPSA) is 124 Å². The first-order valence-corrected chi connectivity index (χ1v) is 12.5. The maximum absolute atomic E-state index is 13.0. The second-order valence-electron chi connectivity index (χ2n) is 8.33. The molecule has 1 atom stereocenters. The van der Waals surface area contributed by atoms with Gasteiger partial charge >= 0.3 is 6.03 Å². The summed E-state index contributed by atoms with van der Waals surface area (Å²) in [5.74, 6) is 0.180. The van der Waals surface area contributed by atoms with E-state index in [0.29, 0.717) is 23.6 Å². The number of Topliss-reactive ketones (excluding diaryl/α,β-unsaturated/α-hetero) is 1. The highest BCUT2D eigenvalue weighted by Crippen LogP contribution is 2.33. The van der Waals surface area contributed by atoms with Gasteiger partial charge in [0.25, 0.3) is 5.91 Å². The van der Waals surface area contributed by atoms with Gasteiger partial charge in [-0.2, -0.15) is 0 Å². The van der Waals surface area contributed by atoms with Gasteiger partial charge in [0.1, 0.15) is 15.9 Å². The number of amides is 3. The van der Waals surface area contributed by atoms with Crippen LogP contribution in [0.2, 0.25) is 0 Å². The first kappa shape index (κ1) is 22.8. The Kier molecular flexibility index (Phi) is 5.91. The summed E-state index contributed by atoms with van der Waals surface area (Å²) in [6, 6.07) is 5.77. The lowest BCUT2D eigenvalue weighted by Gasteiger charge is -2.13. The Bertz CT molecular complexity index is 1250. The second-order valence-corrected chi connectivity index (χ2v) is 10.6. The predicted molar refractivity (Wildman–Crippen MR) is 118 cm³/mol. The van der Waals surface area contributed by atoms with Gasteiger partial charge in [0.15, 0.2) is 17.3 Å². The molecule has 1 aromatic carbocycles. The fourth-order valence-electron chi connectivity index (χ4n) is 4.03. The quantitative estimate of drug-likeness (QED) is 0.452.